The molecule has 0 saturated carbocycles. The van der Waals surface area contributed by atoms with E-state index in [-0.39, 0.29) is 0 Å². The van der Waals surface area contributed by atoms with Crippen molar-refractivity contribution in [3.8, 4) is 0 Å². The van der Waals surface area contributed by atoms with Crippen LogP contribution in [-0.2, 0) is 6.54 Å². The Kier molecular flexibility index (Phi) is 5.84. The van der Waals surface area contributed by atoms with Gasteiger partial charge in [-0.15, -0.1) is 0 Å². The van der Waals surface area contributed by atoms with Crippen molar-refractivity contribution < 1.29 is 0 Å². The summed E-state index contributed by atoms with van der Waals surface area (Å²) < 4.78 is 0. The van der Waals surface area contributed by atoms with Crippen LogP contribution in [0.2, 0.25) is 0 Å². The average molecular weight is 346 g/mol. The van der Waals surface area contributed by atoms with E-state index in [2.05, 4.69) is 78.2 Å². The molecular weight excluding hydrogens is 320 g/mol. The van der Waals surface area contributed by atoms with E-state index in [0.29, 0.717) is 0 Å². The largest absolute Gasteiger partial charge is 0.357 e. The van der Waals surface area contributed by atoms with Crippen molar-refractivity contribution in [3.05, 3.63) is 78.0 Å². The van der Waals surface area contributed by atoms with Crippen molar-refractivity contribution >= 4 is 17.5 Å². The second-order valence-electron chi connectivity index (χ2n) is 6.25. The van der Waals surface area contributed by atoms with Gasteiger partial charge in [0.15, 0.2) is 0 Å². The van der Waals surface area contributed by atoms with Crippen molar-refractivity contribution in [2.24, 2.45) is 0 Å². The number of hydrogen-bond acceptors (Lipinski definition) is 4. The number of para-hydroxylation sites is 1. The van der Waals surface area contributed by atoms with Crippen LogP contribution < -0.4 is 9.80 Å². The molecule has 0 bridgehead atoms. The van der Waals surface area contributed by atoms with Gasteiger partial charge in [-0.05, 0) is 38.5 Å². The van der Waals surface area contributed by atoms with Gasteiger partial charge in [-0.3, -0.25) is 0 Å². The van der Waals surface area contributed by atoms with Gasteiger partial charge in [-0.2, -0.15) is 4.98 Å². The molecule has 4 heteroatoms. The Morgan fingerprint density at radius 1 is 0.808 bits per heavy atom. The van der Waals surface area contributed by atoms with E-state index in [1.807, 2.05) is 19.1 Å². The number of aromatic nitrogens is 2. The van der Waals surface area contributed by atoms with E-state index < -0.39 is 0 Å². The summed E-state index contributed by atoms with van der Waals surface area (Å²) in [6.07, 6.45) is 0. The van der Waals surface area contributed by atoms with Crippen molar-refractivity contribution in [1.29, 1.82) is 0 Å². The van der Waals surface area contributed by atoms with Crippen LogP contribution in [0.5, 0.6) is 0 Å². The lowest BCUT2D eigenvalue weighted by Gasteiger charge is -2.26. The van der Waals surface area contributed by atoms with Gasteiger partial charge >= 0.3 is 0 Å². The standard InChI is InChI=1S/C22H26N4/c1-4-25(5-2)21-16-18(3)23-22(24-21)26(20-14-10-7-11-15-20)17-19-12-8-6-9-13-19/h6-16H,4-5,17H2,1-3H3. The minimum Gasteiger partial charge on any atom is -0.357 e. The molecule has 1 aromatic heterocycles. The molecule has 0 aliphatic rings. The molecule has 0 aliphatic heterocycles. The average Bonchev–Trinajstić information content (AvgIpc) is 2.68. The number of hydrogen-bond donors (Lipinski definition) is 0. The monoisotopic (exact) mass is 346 g/mol. The molecule has 2 aromatic carbocycles. The number of nitrogens with zero attached hydrogens (tertiary/aromatic N) is 4. The SMILES string of the molecule is CCN(CC)c1cc(C)nc(N(Cc2ccccc2)c2ccccc2)n1. The maximum absolute atomic E-state index is 4.89. The minimum atomic E-state index is 0.728. The van der Waals surface area contributed by atoms with Gasteiger partial charge in [0.05, 0.1) is 6.54 Å². The van der Waals surface area contributed by atoms with E-state index in [0.717, 1.165) is 42.8 Å². The minimum absolute atomic E-state index is 0.728. The van der Waals surface area contributed by atoms with Crippen molar-refractivity contribution in [2.75, 3.05) is 22.9 Å². The number of benzene rings is 2. The lowest BCUT2D eigenvalue weighted by molar-refractivity contribution is 0.825. The topological polar surface area (TPSA) is 32.3 Å². The summed E-state index contributed by atoms with van der Waals surface area (Å²) in [6, 6.07) is 22.8. The van der Waals surface area contributed by atoms with Crippen LogP contribution in [0.25, 0.3) is 0 Å². The Balaban J connectivity index is 2.04. The lowest BCUT2D eigenvalue weighted by atomic mass is 10.2. The van der Waals surface area contributed by atoms with Crippen LogP contribution >= 0.6 is 0 Å². The molecule has 1 heterocycles. The second-order valence-corrected chi connectivity index (χ2v) is 6.25. The fourth-order valence-corrected chi connectivity index (χ4v) is 3.02. The van der Waals surface area contributed by atoms with Crippen LogP contribution in [0, 0.1) is 6.92 Å². The molecule has 0 fully saturated rings. The molecule has 134 valence electrons. The highest BCUT2D eigenvalue weighted by molar-refractivity contribution is 5.59. The highest BCUT2D eigenvalue weighted by atomic mass is 15.3. The zero-order chi connectivity index (χ0) is 18.4. The van der Waals surface area contributed by atoms with Gasteiger partial charge in [0.2, 0.25) is 5.95 Å². The molecule has 0 radical (unpaired) electrons. The van der Waals surface area contributed by atoms with E-state index in [1.54, 1.807) is 0 Å². The summed E-state index contributed by atoms with van der Waals surface area (Å²) in [5.74, 6) is 1.72. The van der Waals surface area contributed by atoms with Gasteiger partial charge in [-0.25, -0.2) is 4.98 Å². The smallest absolute Gasteiger partial charge is 0.232 e. The molecule has 0 saturated heterocycles. The molecule has 0 aliphatic carbocycles. The summed E-state index contributed by atoms with van der Waals surface area (Å²) in [4.78, 5) is 14.1. The van der Waals surface area contributed by atoms with E-state index in [1.165, 1.54) is 5.56 Å². The molecule has 3 aromatic rings. The van der Waals surface area contributed by atoms with Crippen molar-refractivity contribution in [2.45, 2.75) is 27.3 Å². The molecule has 0 N–H and O–H groups in total. The Morgan fingerprint density at radius 3 is 2.04 bits per heavy atom. The highest BCUT2D eigenvalue weighted by Gasteiger charge is 2.16. The molecule has 4 nitrogen and oxygen atoms in total. The molecule has 0 spiro atoms. The first-order valence-electron chi connectivity index (χ1n) is 9.18. The molecule has 3 rings (SSSR count). The summed E-state index contributed by atoms with van der Waals surface area (Å²) >= 11 is 0. The summed E-state index contributed by atoms with van der Waals surface area (Å²) in [5, 5.41) is 0. The third-order valence-electron chi connectivity index (χ3n) is 4.41. The number of anilines is 3. The first kappa shape index (κ1) is 17.9. The predicted molar refractivity (Wildman–Crippen MR) is 109 cm³/mol. The predicted octanol–water partition coefficient (Wildman–Crippen LogP) is 4.97. The Hall–Kier alpha value is -2.88. The lowest BCUT2D eigenvalue weighted by Crippen LogP contribution is -2.25. The molecule has 0 amide bonds. The van der Waals surface area contributed by atoms with Gasteiger partial charge < -0.3 is 9.80 Å². The zero-order valence-electron chi connectivity index (χ0n) is 15.8. The second kappa shape index (κ2) is 8.48. The van der Waals surface area contributed by atoms with Gasteiger partial charge in [0.1, 0.15) is 5.82 Å². The number of rotatable bonds is 7. The van der Waals surface area contributed by atoms with Crippen molar-refractivity contribution in [1.82, 2.24) is 9.97 Å². The molecule has 0 unspecified atom stereocenters. The normalized spacial score (nSPS) is 10.6. The highest BCUT2D eigenvalue weighted by Crippen LogP contribution is 2.26. The van der Waals surface area contributed by atoms with Crippen molar-refractivity contribution in [3.63, 3.8) is 0 Å². The van der Waals surface area contributed by atoms with Crippen LogP contribution in [0.3, 0.4) is 0 Å². The maximum atomic E-state index is 4.89. The number of aryl methyl sites for hydroxylation is 1. The van der Waals surface area contributed by atoms with Crippen LogP contribution in [0.4, 0.5) is 17.5 Å². The van der Waals surface area contributed by atoms with E-state index in [4.69, 9.17) is 9.97 Å². The molecule has 0 atom stereocenters. The van der Waals surface area contributed by atoms with E-state index in [9.17, 15) is 0 Å². The Morgan fingerprint density at radius 2 is 1.42 bits per heavy atom. The third kappa shape index (κ3) is 4.20. The quantitative estimate of drug-likeness (QED) is 0.604. The zero-order valence-corrected chi connectivity index (χ0v) is 15.8. The summed E-state index contributed by atoms with van der Waals surface area (Å²) in [6.45, 7) is 8.92. The first-order valence-corrected chi connectivity index (χ1v) is 9.18. The molecule has 26 heavy (non-hydrogen) atoms. The summed E-state index contributed by atoms with van der Waals surface area (Å²) in [5.41, 5.74) is 3.30. The Bertz CT molecular complexity index is 814. The fraction of sp³-hybridized carbons (Fsp3) is 0.273. The van der Waals surface area contributed by atoms with Crippen LogP contribution in [0.15, 0.2) is 66.7 Å². The fourth-order valence-electron chi connectivity index (χ4n) is 3.02. The van der Waals surface area contributed by atoms with E-state index >= 15 is 0 Å². The van der Waals surface area contributed by atoms with Gasteiger partial charge in [-0.1, -0.05) is 48.5 Å². The van der Waals surface area contributed by atoms with Crippen LogP contribution in [0.1, 0.15) is 25.1 Å². The maximum Gasteiger partial charge on any atom is 0.232 e. The van der Waals surface area contributed by atoms with Crippen LogP contribution in [-0.4, -0.2) is 23.1 Å². The molecular formula is C22H26N4. The Labute approximate surface area is 156 Å². The van der Waals surface area contributed by atoms with Gasteiger partial charge in [0, 0.05) is 30.5 Å². The van der Waals surface area contributed by atoms with Gasteiger partial charge in [0.25, 0.3) is 0 Å². The first-order chi connectivity index (χ1) is 12.7. The summed E-state index contributed by atoms with van der Waals surface area (Å²) in [7, 11) is 0. The third-order valence-corrected chi connectivity index (χ3v) is 4.41.